The van der Waals surface area contributed by atoms with Crippen LogP contribution in [0.3, 0.4) is 0 Å². The van der Waals surface area contributed by atoms with Crippen LogP contribution in [0.1, 0.15) is 65.0 Å². The zero-order chi connectivity index (χ0) is 41.7. The zero-order valence-electron chi connectivity index (χ0n) is 32.5. The van der Waals surface area contributed by atoms with Crippen LogP contribution in [0.5, 0.6) is 11.5 Å². The van der Waals surface area contributed by atoms with Gasteiger partial charge in [0.1, 0.15) is 41.7 Å². The van der Waals surface area contributed by atoms with Crippen LogP contribution in [0.2, 0.25) is 0 Å². The van der Waals surface area contributed by atoms with E-state index < -0.39 is 90.1 Å². The fourth-order valence-corrected chi connectivity index (χ4v) is 6.27. The van der Waals surface area contributed by atoms with E-state index in [1.807, 2.05) is 13.8 Å². The molecule has 2 aromatic carbocycles. The molecule has 1 unspecified atom stereocenters. The summed E-state index contributed by atoms with van der Waals surface area (Å²) in [6, 6.07) is 6.01. The molecule has 306 valence electrons. The van der Waals surface area contributed by atoms with Gasteiger partial charge >= 0.3 is 0 Å². The summed E-state index contributed by atoms with van der Waals surface area (Å²) in [4.78, 5) is 93.1. The Balaban J connectivity index is 1.65. The quantitative estimate of drug-likeness (QED) is 0.0879. The Labute approximate surface area is 326 Å². The van der Waals surface area contributed by atoms with Gasteiger partial charge in [0.05, 0.1) is 12.6 Å². The number of rotatable bonds is 19. The summed E-state index contributed by atoms with van der Waals surface area (Å²) >= 11 is 0. The summed E-state index contributed by atoms with van der Waals surface area (Å²) in [6.45, 7) is 8.29. The van der Waals surface area contributed by atoms with Gasteiger partial charge in [0.25, 0.3) is 0 Å². The van der Waals surface area contributed by atoms with E-state index >= 15 is 0 Å². The molecule has 0 radical (unpaired) electrons. The minimum Gasteiger partial charge on any atom is -0.508 e. The van der Waals surface area contributed by atoms with Crippen LogP contribution in [0.4, 0.5) is 0 Å². The number of hydrogen-bond donors (Lipinski definition) is 9. The lowest BCUT2D eigenvalue weighted by molar-refractivity contribution is -0.141. The fraction of sp³-hybridized carbons (Fsp3) is 0.513. The second-order valence-electron chi connectivity index (χ2n) is 14.9. The van der Waals surface area contributed by atoms with Crippen molar-refractivity contribution in [3.05, 3.63) is 59.7 Å². The summed E-state index contributed by atoms with van der Waals surface area (Å²) in [6.07, 6.45) is 1.38. The van der Waals surface area contributed by atoms with Gasteiger partial charge in [-0.25, -0.2) is 0 Å². The van der Waals surface area contributed by atoms with E-state index in [9.17, 15) is 43.8 Å². The van der Waals surface area contributed by atoms with Crippen molar-refractivity contribution in [1.82, 2.24) is 31.5 Å². The highest BCUT2D eigenvalue weighted by molar-refractivity contribution is 5.96. The first-order valence-corrected chi connectivity index (χ1v) is 18.8. The summed E-state index contributed by atoms with van der Waals surface area (Å²) in [5.41, 5.74) is 12.9. The smallest absolute Gasteiger partial charge is 0.245 e. The highest BCUT2D eigenvalue weighted by Gasteiger charge is 2.38. The Morgan fingerprint density at radius 3 is 1.84 bits per heavy atom. The van der Waals surface area contributed by atoms with Crippen molar-refractivity contribution in [2.75, 3.05) is 13.1 Å². The predicted molar refractivity (Wildman–Crippen MR) is 206 cm³/mol. The number of likely N-dealkylation sites (tertiary alicyclic amines) is 1. The molecule has 0 bridgehead atoms. The predicted octanol–water partition coefficient (Wildman–Crippen LogP) is -0.536. The molecule has 1 saturated heterocycles. The number of nitrogens with one attached hydrogen (secondary N) is 5. The molecule has 7 amide bonds. The van der Waals surface area contributed by atoms with Gasteiger partial charge in [-0.05, 0) is 79.8 Å². The van der Waals surface area contributed by atoms with Crippen LogP contribution in [-0.4, -0.2) is 106 Å². The molecule has 1 fully saturated rings. The van der Waals surface area contributed by atoms with Gasteiger partial charge in [-0.2, -0.15) is 0 Å². The maximum absolute atomic E-state index is 13.8. The molecule has 0 aliphatic carbocycles. The minimum absolute atomic E-state index is 0.00327. The third-order valence-electron chi connectivity index (χ3n) is 9.36. The minimum atomic E-state index is -1.22. The van der Waals surface area contributed by atoms with E-state index in [0.29, 0.717) is 30.5 Å². The molecule has 1 aliphatic heterocycles. The van der Waals surface area contributed by atoms with Gasteiger partial charge < -0.3 is 53.2 Å². The maximum Gasteiger partial charge on any atom is 0.245 e. The highest BCUT2D eigenvalue weighted by Crippen LogP contribution is 2.20. The molecular weight excluding hydrogens is 724 g/mol. The van der Waals surface area contributed by atoms with Gasteiger partial charge in [0, 0.05) is 13.0 Å². The molecule has 0 aromatic heterocycles. The molecule has 17 heteroatoms. The second kappa shape index (κ2) is 20.8. The van der Waals surface area contributed by atoms with Crippen molar-refractivity contribution in [2.24, 2.45) is 23.3 Å². The summed E-state index contributed by atoms with van der Waals surface area (Å²) in [5, 5.41) is 32.2. The summed E-state index contributed by atoms with van der Waals surface area (Å²) < 4.78 is 0. The summed E-state index contributed by atoms with van der Waals surface area (Å²) in [7, 11) is 0. The number of aromatic hydroxyl groups is 2. The van der Waals surface area contributed by atoms with E-state index in [0.717, 1.165) is 0 Å². The van der Waals surface area contributed by atoms with Crippen molar-refractivity contribution in [1.29, 1.82) is 0 Å². The Kier molecular flexibility index (Phi) is 16.6. The maximum atomic E-state index is 13.8. The number of carbonyl (C=O) groups excluding carboxylic acids is 7. The SMILES string of the molecule is CC(C)C[C@H](NC(=O)[C@H](Cc1ccc(O)cc1)NC(=O)CNC(=O)[C@@H](NC(=O)[C@H](C)NC(=O)[C@@H](N)Cc1ccc(O)cc1)C(C)C)C(=O)N1CCCC1C(N)=O. The zero-order valence-corrected chi connectivity index (χ0v) is 32.5. The van der Waals surface area contributed by atoms with Crippen LogP contribution in [0.15, 0.2) is 48.5 Å². The van der Waals surface area contributed by atoms with Gasteiger partial charge in [-0.15, -0.1) is 0 Å². The van der Waals surface area contributed by atoms with Crippen molar-refractivity contribution in [3.8, 4) is 11.5 Å². The number of primary amides is 1. The monoisotopic (exact) mass is 780 g/mol. The number of phenols is 2. The Hall–Kier alpha value is -5.71. The number of amides is 7. The topological polar surface area (TPSA) is 275 Å². The molecule has 11 N–H and O–H groups in total. The lowest BCUT2D eigenvalue weighted by Gasteiger charge is -2.30. The first kappa shape index (κ1) is 44.7. The van der Waals surface area contributed by atoms with Crippen LogP contribution in [0, 0.1) is 11.8 Å². The lowest BCUT2D eigenvalue weighted by atomic mass is 10.00. The molecule has 0 saturated carbocycles. The average molecular weight is 781 g/mol. The molecule has 3 rings (SSSR count). The number of phenolic OH excluding ortho intramolecular Hbond substituents is 2. The molecule has 2 aromatic rings. The van der Waals surface area contributed by atoms with Gasteiger partial charge in [-0.3, -0.25) is 33.6 Å². The third kappa shape index (κ3) is 13.5. The van der Waals surface area contributed by atoms with E-state index in [1.165, 1.54) is 36.1 Å². The molecule has 1 aliphatic rings. The summed E-state index contributed by atoms with van der Waals surface area (Å²) in [5.74, 6) is -4.86. The van der Waals surface area contributed by atoms with E-state index in [-0.39, 0.29) is 36.7 Å². The number of nitrogens with zero attached hydrogens (tertiary/aromatic N) is 1. The first-order valence-electron chi connectivity index (χ1n) is 18.8. The molecule has 17 nitrogen and oxygen atoms in total. The third-order valence-corrected chi connectivity index (χ3v) is 9.36. The van der Waals surface area contributed by atoms with Crippen molar-refractivity contribution < 1.29 is 43.8 Å². The number of benzene rings is 2. The Bertz CT molecular complexity index is 1700. The largest absolute Gasteiger partial charge is 0.508 e. The number of nitrogens with two attached hydrogens (primary N) is 2. The van der Waals surface area contributed by atoms with Crippen molar-refractivity contribution >= 4 is 41.4 Å². The van der Waals surface area contributed by atoms with Gasteiger partial charge in [0.15, 0.2) is 0 Å². The average Bonchev–Trinajstić information content (AvgIpc) is 3.64. The molecule has 0 spiro atoms. The number of carbonyl (C=O) groups is 7. The standard InChI is InChI=1S/C39H56N8O9/c1-21(2)17-30(39(56)47-16-6-7-31(47)34(41)51)45-37(54)29(19-25-10-14-27(49)15-11-25)44-32(50)20-42-38(55)33(22(3)4)46-35(52)23(5)43-36(53)28(40)18-24-8-12-26(48)13-9-24/h8-15,21-23,28-31,33,48-49H,6-7,16-20,40H2,1-5H3,(H2,41,51)(H,42,55)(H,43,53)(H,44,50)(H,45,54)(H,46,52)/t23-,28-,29-,30-,31?,33-/m0/s1. The second-order valence-corrected chi connectivity index (χ2v) is 14.9. The van der Waals surface area contributed by atoms with Crippen LogP contribution in [-0.2, 0) is 46.4 Å². The van der Waals surface area contributed by atoms with E-state index in [2.05, 4.69) is 26.6 Å². The molecule has 56 heavy (non-hydrogen) atoms. The van der Waals surface area contributed by atoms with E-state index in [4.69, 9.17) is 11.5 Å². The van der Waals surface area contributed by atoms with Crippen molar-refractivity contribution in [2.45, 2.75) is 103 Å². The lowest BCUT2D eigenvalue weighted by Crippen LogP contribution is -2.58. The Morgan fingerprint density at radius 2 is 1.30 bits per heavy atom. The van der Waals surface area contributed by atoms with Gasteiger partial charge in [-0.1, -0.05) is 52.0 Å². The molecular formula is C39H56N8O9. The highest BCUT2D eigenvalue weighted by atomic mass is 16.3. The van der Waals surface area contributed by atoms with Crippen LogP contribution < -0.4 is 38.1 Å². The van der Waals surface area contributed by atoms with Crippen LogP contribution in [0.25, 0.3) is 0 Å². The number of hydrogen-bond acceptors (Lipinski definition) is 10. The van der Waals surface area contributed by atoms with E-state index in [1.54, 1.807) is 38.1 Å². The fourth-order valence-electron chi connectivity index (χ4n) is 6.27. The van der Waals surface area contributed by atoms with Gasteiger partial charge in [0.2, 0.25) is 41.4 Å². The molecule has 6 atom stereocenters. The Morgan fingerprint density at radius 1 is 0.732 bits per heavy atom. The normalized spacial score (nSPS) is 16.6. The first-order chi connectivity index (χ1) is 26.4. The van der Waals surface area contributed by atoms with Crippen LogP contribution >= 0.6 is 0 Å². The van der Waals surface area contributed by atoms with Crippen molar-refractivity contribution in [3.63, 3.8) is 0 Å². The molecule has 1 heterocycles.